The first kappa shape index (κ1) is 22.9. The fraction of sp³-hybridized carbons (Fsp3) is 0.571. The van der Waals surface area contributed by atoms with Crippen LogP contribution in [0.25, 0.3) is 28.8 Å². The first-order valence-corrected chi connectivity index (χ1v) is 13.9. The summed E-state index contributed by atoms with van der Waals surface area (Å²) in [5.74, 6) is 2.14. The third-order valence-corrected chi connectivity index (χ3v) is 8.58. The minimum Gasteiger partial charge on any atom is -0.307 e. The average Bonchev–Trinajstić information content (AvgIpc) is 3.44. The van der Waals surface area contributed by atoms with Gasteiger partial charge in [0.2, 0.25) is 5.78 Å². The molecule has 0 radical (unpaired) electrons. The lowest BCUT2D eigenvalue weighted by Crippen LogP contribution is -2.37. The van der Waals surface area contributed by atoms with Gasteiger partial charge in [0, 0.05) is 10.5 Å². The highest BCUT2D eigenvalue weighted by atomic mass is 79.9. The number of rotatable bonds is 8. The Morgan fingerprint density at radius 3 is 2.67 bits per heavy atom. The van der Waals surface area contributed by atoms with Gasteiger partial charge in [-0.25, -0.2) is 0 Å². The second kappa shape index (κ2) is 9.77. The first-order chi connectivity index (χ1) is 16.1. The van der Waals surface area contributed by atoms with E-state index in [0.29, 0.717) is 17.3 Å². The van der Waals surface area contributed by atoms with Crippen molar-refractivity contribution < 1.29 is 0 Å². The molecule has 2 atom stereocenters. The smallest absolute Gasteiger partial charge is 0.283 e. The van der Waals surface area contributed by atoms with Crippen molar-refractivity contribution in [3.8, 4) is 0 Å². The lowest BCUT2D eigenvalue weighted by molar-refractivity contribution is 0.347. The van der Waals surface area contributed by atoms with Crippen LogP contribution in [0.4, 0.5) is 0 Å². The van der Waals surface area contributed by atoms with Crippen LogP contribution >= 0.6 is 15.9 Å². The molecule has 0 bridgehead atoms. The highest BCUT2D eigenvalue weighted by Crippen LogP contribution is 2.32. The molecule has 0 saturated heterocycles. The van der Waals surface area contributed by atoms with E-state index in [1.54, 1.807) is 0 Å². The molecule has 1 aromatic carbocycles. The summed E-state index contributed by atoms with van der Waals surface area (Å²) in [5.41, 5.74) is 0.829. The van der Waals surface area contributed by atoms with Gasteiger partial charge in [-0.15, -0.1) is 0 Å². The molecule has 2 aliphatic rings. The summed E-state index contributed by atoms with van der Waals surface area (Å²) in [6, 6.07) is 6.47. The summed E-state index contributed by atoms with van der Waals surface area (Å²) in [4.78, 5) is 17.8. The normalized spacial score (nSPS) is 19.5. The van der Waals surface area contributed by atoms with Gasteiger partial charge in [-0.05, 0) is 65.6 Å². The molecule has 3 aromatic rings. The predicted molar refractivity (Wildman–Crippen MR) is 141 cm³/mol. The first-order valence-electron chi connectivity index (χ1n) is 13.1. The van der Waals surface area contributed by atoms with E-state index in [4.69, 9.17) is 0 Å². The zero-order valence-electron chi connectivity index (χ0n) is 20.0. The number of fused-ring (bicyclic) bond motifs is 5. The van der Waals surface area contributed by atoms with Gasteiger partial charge in [0.1, 0.15) is 0 Å². The molecular formula is C28H36BrN3O. The van der Waals surface area contributed by atoms with E-state index in [0.717, 1.165) is 28.1 Å². The van der Waals surface area contributed by atoms with Gasteiger partial charge in [0.25, 0.3) is 5.56 Å². The van der Waals surface area contributed by atoms with E-state index in [2.05, 4.69) is 61.9 Å². The van der Waals surface area contributed by atoms with Crippen molar-refractivity contribution in [3.63, 3.8) is 0 Å². The zero-order chi connectivity index (χ0) is 22.9. The predicted octanol–water partition coefficient (Wildman–Crippen LogP) is 6.10. The quantitative estimate of drug-likeness (QED) is 0.344. The maximum atomic E-state index is 13.1. The van der Waals surface area contributed by atoms with Gasteiger partial charge in [0.05, 0.1) is 21.6 Å². The minimum absolute atomic E-state index is 0.133. The Hall–Kier alpha value is -1.88. The van der Waals surface area contributed by atoms with Crippen LogP contribution in [0.1, 0.15) is 90.5 Å². The number of nitrogens with zero attached hydrogens (tertiary/aromatic N) is 3. The third kappa shape index (κ3) is 4.11. The van der Waals surface area contributed by atoms with Crippen molar-refractivity contribution in [2.24, 2.45) is 11.8 Å². The summed E-state index contributed by atoms with van der Waals surface area (Å²) in [7, 11) is 0. The molecule has 2 aliphatic carbocycles. The average molecular weight is 511 g/mol. The van der Waals surface area contributed by atoms with Crippen molar-refractivity contribution in [1.82, 2.24) is 14.0 Å². The molecule has 2 aromatic heterocycles. The summed E-state index contributed by atoms with van der Waals surface area (Å²) < 4.78 is 5.51. The van der Waals surface area contributed by atoms with Crippen molar-refractivity contribution in [3.05, 3.63) is 43.7 Å². The largest absolute Gasteiger partial charge is 0.307 e. The molecule has 5 rings (SSSR count). The van der Waals surface area contributed by atoms with Crippen LogP contribution in [-0.2, 0) is 0 Å². The van der Waals surface area contributed by atoms with E-state index in [1.165, 1.54) is 74.9 Å². The number of aromatic nitrogens is 3. The van der Waals surface area contributed by atoms with E-state index in [-0.39, 0.29) is 5.56 Å². The monoisotopic (exact) mass is 509 g/mol. The SMILES string of the molecule is CCCCCC(CCC)C1C=c2c(n3c4cccc(Br)c4c(=O)nc3n2C2CCCC2)=CC1. The molecule has 176 valence electrons. The number of hydrogen-bond acceptors (Lipinski definition) is 2. The van der Waals surface area contributed by atoms with Crippen LogP contribution in [-0.4, -0.2) is 14.0 Å². The summed E-state index contributed by atoms with van der Waals surface area (Å²) >= 11 is 3.60. The number of halogens is 1. The van der Waals surface area contributed by atoms with Crippen LogP contribution in [0.15, 0.2) is 27.5 Å². The second-order valence-electron chi connectivity index (χ2n) is 10.1. The Labute approximate surface area is 204 Å². The maximum absolute atomic E-state index is 13.1. The molecule has 0 amide bonds. The molecule has 1 saturated carbocycles. The molecule has 1 fully saturated rings. The Kier molecular flexibility index (Phi) is 6.78. The highest BCUT2D eigenvalue weighted by molar-refractivity contribution is 9.10. The number of unbranched alkanes of at least 4 members (excludes halogenated alkanes) is 2. The van der Waals surface area contributed by atoms with Crippen LogP contribution in [0, 0.1) is 11.8 Å². The molecule has 0 spiro atoms. The van der Waals surface area contributed by atoms with Gasteiger partial charge in [-0.2, -0.15) is 4.98 Å². The van der Waals surface area contributed by atoms with Crippen LogP contribution in [0.3, 0.4) is 0 Å². The van der Waals surface area contributed by atoms with Gasteiger partial charge in [-0.3, -0.25) is 9.20 Å². The van der Waals surface area contributed by atoms with E-state index in [9.17, 15) is 4.79 Å². The lowest BCUT2D eigenvalue weighted by atomic mass is 9.81. The minimum atomic E-state index is -0.133. The van der Waals surface area contributed by atoms with Gasteiger partial charge in [0.15, 0.2) is 0 Å². The number of hydrogen-bond donors (Lipinski definition) is 0. The molecule has 2 unspecified atom stereocenters. The summed E-state index contributed by atoms with van der Waals surface area (Å²) in [5, 5.41) is 3.21. The molecule has 0 aliphatic heterocycles. The van der Waals surface area contributed by atoms with Crippen LogP contribution in [0.5, 0.6) is 0 Å². The molecule has 2 heterocycles. The maximum Gasteiger partial charge on any atom is 0.283 e. The second-order valence-corrected chi connectivity index (χ2v) is 10.9. The van der Waals surface area contributed by atoms with Gasteiger partial charge < -0.3 is 4.57 Å². The molecule has 4 nitrogen and oxygen atoms in total. The lowest BCUT2D eigenvalue weighted by Gasteiger charge is -2.25. The Morgan fingerprint density at radius 1 is 1.09 bits per heavy atom. The van der Waals surface area contributed by atoms with Gasteiger partial charge in [-0.1, -0.05) is 77.0 Å². The van der Waals surface area contributed by atoms with Crippen molar-refractivity contribution >= 4 is 44.8 Å². The van der Waals surface area contributed by atoms with Crippen LogP contribution in [0.2, 0.25) is 0 Å². The molecule has 33 heavy (non-hydrogen) atoms. The van der Waals surface area contributed by atoms with Crippen molar-refractivity contribution in [2.45, 2.75) is 90.5 Å². The number of imidazole rings is 1. The molecular weight excluding hydrogens is 474 g/mol. The Bertz CT molecular complexity index is 1330. The van der Waals surface area contributed by atoms with E-state index < -0.39 is 0 Å². The summed E-state index contributed by atoms with van der Waals surface area (Å²) in [6.07, 6.45) is 18.8. The Balaban J connectivity index is 1.74. The van der Waals surface area contributed by atoms with Crippen molar-refractivity contribution in [2.75, 3.05) is 0 Å². The zero-order valence-corrected chi connectivity index (χ0v) is 21.6. The fourth-order valence-corrected chi connectivity index (χ4v) is 6.82. The van der Waals surface area contributed by atoms with Crippen molar-refractivity contribution in [1.29, 1.82) is 0 Å². The van der Waals surface area contributed by atoms with E-state index in [1.807, 2.05) is 12.1 Å². The number of benzene rings is 1. The molecule has 5 heteroatoms. The van der Waals surface area contributed by atoms with E-state index >= 15 is 0 Å². The Morgan fingerprint density at radius 2 is 1.91 bits per heavy atom. The van der Waals surface area contributed by atoms with Crippen LogP contribution < -0.4 is 16.3 Å². The standard InChI is InChI=1S/C28H36BrN3O/c1-3-5-6-11-19(10-4-2)20-16-17-23-25(18-20)31(21-12-7-8-13-21)28-30-27(33)26-22(29)14-9-15-24(26)32(23)28/h9,14-15,17-21H,3-8,10-13,16H2,1-2H3. The van der Waals surface area contributed by atoms with Gasteiger partial charge >= 0.3 is 0 Å². The third-order valence-electron chi connectivity index (χ3n) is 7.91. The molecule has 0 N–H and O–H groups in total. The fourth-order valence-electron chi connectivity index (χ4n) is 6.29. The summed E-state index contributed by atoms with van der Waals surface area (Å²) in [6.45, 7) is 4.61. The topological polar surface area (TPSA) is 39.3 Å². The highest BCUT2D eigenvalue weighted by Gasteiger charge is 2.27.